The average molecular weight is 270 g/mol. The van der Waals surface area contributed by atoms with Crippen LogP contribution in [0.2, 0.25) is 0 Å². The number of rotatable bonds is 4. The van der Waals surface area contributed by atoms with E-state index in [1.165, 1.54) is 25.5 Å². The quantitative estimate of drug-likeness (QED) is 0.750. The van der Waals surface area contributed by atoms with Crippen molar-refractivity contribution in [2.45, 2.75) is 30.6 Å². The fraction of sp³-hybridized carbons (Fsp3) is 0.727. The first kappa shape index (κ1) is 12.0. The largest absolute Gasteiger partial charge is 0.383 e. The molecule has 2 bridgehead atoms. The Bertz CT molecular complexity index is 539. The summed E-state index contributed by atoms with van der Waals surface area (Å²) in [5, 5.41) is 6.08. The second-order valence-corrected chi connectivity index (χ2v) is 7.17. The van der Waals surface area contributed by atoms with Gasteiger partial charge in [-0.2, -0.15) is 5.10 Å². The third-order valence-electron chi connectivity index (χ3n) is 4.34. The van der Waals surface area contributed by atoms with Gasteiger partial charge >= 0.3 is 0 Å². The van der Waals surface area contributed by atoms with Crippen molar-refractivity contribution in [2.24, 2.45) is 17.8 Å². The second kappa shape index (κ2) is 4.24. The molecule has 18 heavy (non-hydrogen) atoms. The molecule has 1 aromatic heterocycles. The number of fused-ring (bicyclic) bond motifs is 2. The maximum atomic E-state index is 12.0. The number of aromatic nitrogens is 2. The van der Waals surface area contributed by atoms with Crippen molar-refractivity contribution in [3.05, 3.63) is 6.20 Å². The monoisotopic (exact) mass is 270 g/mol. The fourth-order valence-corrected chi connectivity index (χ4v) is 4.54. The van der Waals surface area contributed by atoms with Crippen LogP contribution in [-0.2, 0) is 10.0 Å². The molecular formula is C11H18N4O2S. The highest BCUT2D eigenvalue weighted by Gasteiger charge is 2.39. The number of hydrogen-bond acceptors (Lipinski definition) is 4. The Morgan fingerprint density at radius 3 is 2.83 bits per heavy atom. The van der Waals surface area contributed by atoms with Crippen molar-refractivity contribution in [1.82, 2.24) is 14.9 Å². The molecule has 0 aliphatic heterocycles. The van der Waals surface area contributed by atoms with Crippen molar-refractivity contribution in [2.75, 3.05) is 12.3 Å². The molecule has 2 aliphatic rings. The van der Waals surface area contributed by atoms with Crippen LogP contribution in [0, 0.1) is 17.8 Å². The molecule has 0 saturated heterocycles. The van der Waals surface area contributed by atoms with E-state index in [-0.39, 0.29) is 10.7 Å². The van der Waals surface area contributed by atoms with Gasteiger partial charge in [-0.25, -0.2) is 13.1 Å². The van der Waals surface area contributed by atoms with E-state index < -0.39 is 10.0 Å². The molecule has 6 nitrogen and oxygen atoms in total. The van der Waals surface area contributed by atoms with E-state index in [1.807, 2.05) is 0 Å². The third kappa shape index (κ3) is 2.01. The summed E-state index contributed by atoms with van der Waals surface area (Å²) < 4.78 is 26.7. The summed E-state index contributed by atoms with van der Waals surface area (Å²) in [4.78, 5) is 0.0469. The zero-order chi connectivity index (χ0) is 12.8. The minimum atomic E-state index is -3.52. The Balaban J connectivity index is 1.65. The first-order valence-electron chi connectivity index (χ1n) is 6.35. The van der Waals surface area contributed by atoms with Crippen LogP contribution in [0.25, 0.3) is 0 Å². The summed E-state index contributed by atoms with van der Waals surface area (Å²) in [6.07, 6.45) is 6.26. The third-order valence-corrected chi connectivity index (χ3v) is 5.79. The molecule has 0 spiro atoms. The fourth-order valence-electron chi connectivity index (χ4n) is 3.42. The van der Waals surface area contributed by atoms with Crippen LogP contribution in [0.3, 0.4) is 0 Å². The standard InChI is InChI=1S/C11H18N4O2S/c12-11-10(6-13-15-11)18(16,17)14-5-9-4-7-1-2-8(9)3-7/h6-9,14H,1-5H2,(H3,12,13,15). The zero-order valence-electron chi connectivity index (χ0n) is 10.1. The number of nitrogens with one attached hydrogen (secondary N) is 2. The minimum Gasteiger partial charge on any atom is -0.383 e. The van der Waals surface area contributed by atoms with E-state index in [4.69, 9.17) is 5.73 Å². The van der Waals surface area contributed by atoms with Gasteiger partial charge in [-0.05, 0) is 37.0 Å². The van der Waals surface area contributed by atoms with Crippen LogP contribution < -0.4 is 10.5 Å². The number of nitrogens with zero attached hydrogens (tertiary/aromatic N) is 1. The van der Waals surface area contributed by atoms with Gasteiger partial charge in [0.05, 0.1) is 6.20 Å². The molecule has 4 N–H and O–H groups in total. The lowest BCUT2D eigenvalue weighted by Gasteiger charge is -2.21. The van der Waals surface area contributed by atoms with E-state index in [0.29, 0.717) is 18.4 Å². The van der Waals surface area contributed by atoms with Gasteiger partial charge in [-0.15, -0.1) is 0 Å². The van der Waals surface area contributed by atoms with Crippen LogP contribution in [0.15, 0.2) is 11.1 Å². The van der Waals surface area contributed by atoms with Crippen LogP contribution in [0.5, 0.6) is 0 Å². The first-order chi connectivity index (χ1) is 8.56. The van der Waals surface area contributed by atoms with Gasteiger partial charge in [0.1, 0.15) is 10.7 Å². The lowest BCUT2D eigenvalue weighted by atomic mass is 9.89. The molecule has 1 heterocycles. The Labute approximate surface area is 106 Å². The topological polar surface area (TPSA) is 101 Å². The van der Waals surface area contributed by atoms with E-state index in [1.54, 1.807) is 0 Å². The lowest BCUT2D eigenvalue weighted by Crippen LogP contribution is -2.31. The molecule has 3 atom stereocenters. The smallest absolute Gasteiger partial charge is 0.245 e. The van der Waals surface area contributed by atoms with Gasteiger partial charge < -0.3 is 5.73 Å². The first-order valence-corrected chi connectivity index (χ1v) is 7.83. The summed E-state index contributed by atoms with van der Waals surface area (Å²) in [5.74, 6) is 2.12. The number of H-pyrrole nitrogens is 1. The molecule has 2 aliphatic carbocycles. The highest BCUT2D eigenvalue weighted by molar-refractivity contribution is 7.89. The maximum Gasteiger partial charge on any atom is 0.245 e. The molecule has 0 aromatic carbocycles. The van der Waals surface area contributed by atoms with Gasteiger partial charge in [0.2, 0.25) is 10.0 Å². The maximum absolute atomic E-state index is 12.0. The van der Waals surface area contributed by atoms with Crippen LogP contribution in [0.1, 0.15) is 25.7 Å². The molecule has 3 rings (SSSR count). The average Bonchev–Trinajstić information content (AvgIpc) is 3.01. The SMILES string of the molecule is Nc1[nH]ncc1S(=O)(=O)NCC1CC2CCC1C2. The Kier molecular flexibility index (Phi) is 2.82. The van der Waals surface area contributed by atoms with Gasteiger partial charge in [-0.1, -0.05) is 6.42 Å². The van der Waals surface area contributed by atoms with Gasteiger partial charge in [0.15, 0.2) is 0 Å². The molecule has 7 heteroatoms. The van der Waals surface area contributed by atoms with Crippen molar-refractivity contribution in [3.8, 4) is 0 Å². The second-order valence-electron chi connectivity index (χ2n) is 5.43. The minimum absolute atomic E-state index is 0.0469. The molecule has 2 fully saturated rings. The van der Waals surface area contributed by atoms with Gasteiger partial charge in [0, 0.05) is 6.54 Å². The molecular weight excluding hydrogens is 252 g/mol. The molecule has 100 valence electrons. The van der Waals surface area contributed by atoms with E-state index >= 15 is 0 Å². The molecule has 1 aromatic rings. The Morgan fingerprint density at radius 2 is 2.28 bits per heavy atom. The highest BCUT2D eigenvalue weighted by atomic mass is 32.2. The molecule has 3 unspecified atom stereocenters. The zero-order valence-corrected chi connectivity index (χ0v) is 10.9. The van der Waals surface area contributed by atoms with Crippen molar-refractivity contribution in [3.63, 3.8) is 0 Å². The van der Waals surface area contributed by atoms with Crippen LogP contribution in [0.4, 0.5) is 5.82 Å². The van der Waals surface area contributed by atoms with Crippen molar-refractivity contribution in [1.29, 1.82) is 0 Å². The molecule has 0 amide bonds. The summed E-state index contributed by atoms with van der Waals surface area (Å²) >= 11 is 0. The summed E-state index contributed by atoms with van der Waals surface area (Å²) in [6.45, 7) is 0.522. The predicted octanol–water partition coefficient (Wildman–Crippen LogP) is 0.706. The number of sulfonamides is 1. The number of hydrogen-bond donors (Lipinski definition) is 3. The lowest BCUT2D eigenvalue weighted by molar-refractivity contribution is 0.333. The van der Waals surface area contributed by atoms with Crippen LogP contribution in [-0.4, -0.2) is 25.2 Å². The number of anilines is 1. The van der Waals surface area contributed by atoms with E-state index in [9.17, 15) is 8.42 Å². The molecule has 0 radical (unpaired) electrons. The Hall–Kier alpha value is -1.08. The van der Waals surface area contributed by atoms with E-state index in [2.05, 4.69) is 14.9 Å². The molecule has 2 saturated carbocycles. The van der Waals surface area contributed by atoms with Crippen molar-refractivity contribution >= 4 is 15.8 Å². The number of nitrogens with two attached hydrogens (primary N) is 1. The highest BCUT2D eigenvalue weighted by Crippen LogP contribution is 2.48. The van der Waals surface area contributed by atoms with E-state index in [0.717, 1.165) is 12.3 Å². The van der Waals surface area contributed by atoms with Crippen molar-refractivity contribution < 1.29 is 8.42 Å². The van der Waals surface area contributed by atoms with Gasteiger partial charge in [-0.3, -0.25) is 5.10 Å². The summed E-state index contributed by atoms with van der Waals surface area (Å²) in [5.41, 5.74) is 5.53. The van der Waals surface area contributed by atoms with Gasteiger partial charge in [0.25, 0.3) is 0 Å². The Morgan fingerprint density at radius 1 is 1.44 bits per heavy atom. The summed E-state index contributed by atoms with van der Waals surface area (Å²) in [6, 6.07) is 0. The summed E-state index contributed by atoms with van der Waals surface area (Å²) in [7, 11) is -3.52. The number of nitrogen functional groups attached to an aromatic ring is 1. The van der Waals surface area contributed by atoms with Crippen LogP contribution >= 0.6 is 0 Å². The normalized spacial score (nSPS) is 31.0. The predicted molar refractivity (Wildman–Crippen MR) is 67.1 cm³/mol. The number of aromatic amines is 1.